The molecule has 1 N–H and O–H groups in total. The Morgan fingerprint density at radius 2 is 1.93 bits per heavy atom. The first kappa shape index (κ1) is 17.8. The van der Waals surface area contributed by atoms with Crippen molar-refractivity contribution in [3.63, 3.8) is 0 Å². The first-order chi connectivity index (χ1) is 13.1. The summed E-state index contributed by atoms with van der Waals surface area (Å²) >= 11 is 0. The van der Waals surface area contributed by atoms with Gasteiger partial charge in [0.15, 0.2) is 0 Å². The monoisotopic (exact) mass is 367 g/mol. The van der Waals surface area contributed by atoms with Gasteiger partial charge in [-0.3, -0.25) is 4.79 Å². The van der Waals surface area contributed by atoms with Crippen LogP contribution >= 0.6 is 0 Å². The molecule has 0 spiro atoms. The van der Waals surface area contributed by atoms with Crippen LogP contribution in [0.15, 0.2) is 42.7 Å². The van der Waals surface area contributed by atoms with Crippen LogP contribution in [0.25, 0.3) is 5.69 Å². The minimum absolute atomic E-state index is 0.0377. The van der Waals surface area contributed by atoms with E-state index in [9.17, 15) is 14.7 Å². The van der Waals surface area contributed by atoms with E-state index in [1.54, 1.807) is 15.8 Å². The van der Waals surface area contributed by atoms with Gasteiger partial charge in [-0.25, -0.2) is 9.48 Å². The lowest BCUT2D eigenvalue weighted by Crippen LogP contribution is -2.46. The molecule has 142 valence electrons. The maximum absolute atomic E-state index is 12.9. The Labute approximate surface area is 158 Å². The molecule has 2 aromatic rings. The summed E-state index contributed by atoms with van der Waals surface area (Å²) in [6.45, 7) is 0. The van der Waals surface area contributed by atoms with Gasteiger partial charge in [-0.1, -0.05) is 31.0 Å². The molecule has 2 heterocycles. The second-order valence-electron chi connectivity index (χ2n) is 7.63. The Morgan fingerprint density at radius 3 is 2.70 bits per heavy atom. The molecule has 0 radical (unpaired) electrons. The van der Waals surface area contributed by atoms with Crippen molar-refractivity contribution in [2.45, 2.75) is 57.0 Å². The fourth-order valence-corrected chi connectivity index (χ4v) is 4.63. The molecule has 6 nitrogen and oxygen atoms in total. The Kier molecular flexibility index (Phi) is 4.97. The van der Waals surface area contributed by atoms with Crippen LogP contribution in [0.3, 0.4) is 0 Å². The fourth-order valence-electron chi connectivity index (χ4n) is 4.63. The molecular weight excluding hydrogens is 342 g/mol. The highest BCUT2D eigenvalue weighted by Crippen LogP contribution is 2.40. The molecule has 3 atom stereocenters. The maximum Gasteiger partial charge on any atom is 0.326 e. The van der Waals surface area contributed by atoms with E-state index in [0.29, 0.717) is 25.2 Å². The molecule has 1 aliphatic carbocycles. The number of hydrogen-bond acceptors (Lipinski definition) is 3. The van der Waals surface area contributed by atoms with Gasteiger partial charge < -0.3 is 10.0 Å². The van der Waals surface area contributed by atoms with Crippen molar-refractivity contribution >= 4 is 11.9 Å². The molecule has 2 aliphatic rings. The number of fused-ring (bicyclic) bond motifs is 1. The summed E-state index contributed by atoms with van der Waals surface area (Å²) in [6, 6.07) is 9.29. The molecule has 0 unspecified atom stereocenters. The predicted molar refractivity (Wildman–Crippen MR) is 101 cm³/mol. The van der Waals surface area contributed by atoms with Crippen LogP contribution in [-0.4, -0.2) is 43.7 Å². The molecule has 6 heteroatoms. The largest absolute Gasteiger partial charge is 0.480 e. The number of carbonyl (C=O) groups is 2. The van der Waals surface area contributed by atoms with Gasteiger partial charge in [-0.15, -0.1) is 0 Å². The summed E-state index contributed by atoms with van der Waals surface area (Å²) in [7, 11) is 0. The van der Waals surface area contributed by atoms with Crippen LogP contribution in [0, 0.1) is 5.92 Å². The van der Waals surface area contributed by atoms with Crippen molar-refractivity contribution in [1.29, 1.82) is 0 Å². The van der Waals surface area contributed by atoms with Crippen LogP contribution in [0.1, 0.15) is 44.1 Å². The number of aryl methyl sites for hydroxylation is 1. The second-order valence-corrected chi connectivity index (χ2v) is 7.63. The molecule has 1 aromatic heterocycles. The number of benzene rings is 1. The van der Waals surface area contributed by atoms with Gasteiger partial charge in [-0.2, -0.15) is 5.10 Å². The quantitative estimate of drug-likeness (QED) is 0.881. The van der Waals surface area contributed by atoms with Gasteiger partial charge in [0.05, 0.1) is 11.9 Å². The molecule has 1 aromatic carbocycles. The molecular formula is C21H25N3O3. The molecule has 1 saturated heterocycles. The van der Waals surface area contributed by atoms with Gasteiger partial charge >= 0.3 is 5.97 Å². The summed E-state index contributed by atoms with van der Waals surface area (Å²) in [5.74, 6) is -0.552. The second kappa shape index (κ2) is 7.55. The highest BCUT2D eigenvalue weighted by molar-refractivity contribution is 5.85. The SMILES string of the molecule is O=C(O)[C@@H]1C[C@H]2CCCC[C@@H]2N1C(=O)CCc1cnn(-c2ccccc2)c1. The summed E-state index contributed by atoms with van der Waals surface area (Å²) in [5.41, 5.74) is 1.96. The summed E-state index contributed by atoms with van der Waals surface area (Å²) in [5, 5.41) is 14.0. The zero-order chi connectivity index (χ0) is 18.8. The molecule has 1 aliphatic heterocycles. The summed E-state index contributed by atoms with van der Waals surface area (Å²) in [4.78, 5) is 26.3. The lowest BCUT2D eigenvalue weighted by atomic mass is 9.84. The zero-order valence-electron chi connectivity index (χ0n) is 15.3. The molecule has 2 fully saturated rings. The number of rotatable bonds is 5. The average Bonchev–Trinajstić information content (AvgIpc) is 3.32. The number of likely N-dealkylation sites (tertiary alicyclic amines) is 1. The lowest BCUT2D eigenvalue weighted by molar-refractivity contribution is -0.149. The van der Waals surface area contributed by atoms with Crippen molar-refractivity contribution in [2.24, 2.45) is 5.92 Å². The van der Waals surface area contributed by atoms with Crippen molar-refractivity contribution in [1.82, 2.24) is 14.7 Å². The maximum atomic E-state index is 12.9. The minimum atomic E-state index is -0.866. The number of nitrogens with zero attached hydrogens (tertiary/aromatic N) is 3. The topological polar surface area (TPSA) is 75.4 Å². The smallest absolute Gasteiger partial charge is 0.326 e. The van der Waals surface area contributed by atoms with E-state index in [1.165, 1.54) is 0 Å². The van der Waals surface area contributed by atoms with Crippen LogP contribution in [0.2, 0.25) is 0 Å². The highest BCUT2D eigenvalue weighted by Gasteiger charge is 2.47. The number of carbonyl (C=O) groups excluding carboxylic acids is 1. The van der Waals surface area contributed by atoms with E-state index < -0.39 is 12.0 Å². The first-order valence-corrected chi connectivity index (χ1v) is 9.76. The fraction of sp³-hybridized carbons (Fsp3) is 0.476. The van der Waals surface area contributed by atoms with E-state index in [4.69, 9.17) is 0 Å². The van der Waals surface area contributed by atoms with E-state index in [0.717, 1.165) is 36.9 Å². The average molecular weight is 367 g/mol. The van der Waals surface area contributed by atoms with Crippen molar-refractivity contribution in [3.05, 3.63) is 48.3 Å². The number of aliphatic carboxylic acids is 1. The number of carboxylic acid groups (broad SMARTS) is 1. The molecule has 1 saturated carbocycles. The zero-order valence-corrected chi connectivity index (χ0v) is 15.3. The van der Waals surface area contributed by atoms with Crippen molar-refractivity contribution in [2.75, 3.05) is 0 Å². The van der Waals surface area contributed by atoms with Crippen LogP contribution < -0.4 is 0 Å². The van der Waals surface area contributed by atoms with Crippen LogP contribution in [-0.2, 0) is 16.0 Å². The van der Waals surface area contributed by atoms with E-state index in [2.05, 4.69) is 5.10 Å². The Bertz CT molecular complexity index is 817. The van der Waals surface area contributed by atoms with Crippen LogP contribution in [0.4, 0.5) is 0 Å². The molecule has 1 amide bonds. The Morgan fingerprint density at radius 1 is 1.15 bits per heavy atom. The molecule has 4 rings (SSSR count). The van der Waals surface area contributed by atoms with Crippen molar-refractivity contribution < 1.29 is 14.7 Å². The number of hydrogen-bond donors (Lipinski definition) is 1. The third-order valence-corrected chi connectivity index (χ3v) is 5.95. The van der Waals surface area contributed by atoms with Gasteiger partial charge in [0.2, 0.25) is 5.91 Å². The summed E-state index contributed by atoms with van der Waals surface area (Å²) in [6.07, 6.45) is 9.44. The molecule has 0 bridgehead atoms. The van der Waals surface area contributed by atoms with E-state index in [1.807, 2.05) is 36.5 Å². The highest BCUT2D eigenvalue weighted by atomic mass is 16.4. The first-order valence-electron chi connectivity index (χ1n) is 9.76. The number of aromatic nitrogens is 2. The Balaban J connectivity index is 1.42. The van der Waals surface area contributed by atoms with Crippen molar-refractivity contribution in [3.8, 4) is 5.69 Å². The third-order valence-electron chi connectivity index (χ3n) is 5.95. The Hall–Kier alpha value is -2.63. The standard InChI is InChI=1S/C21H25N3O3/c25-20(24-18-9-5-4-6-16(18)12-19(24)21(26)27)11-10-15-13-22-23(14-15)17-7-2-1-3-8-17/h1-3,7-8,13-14,16,18-19H,4-6,9-12H2,(H,26,27)/t16-,18+,19+/m1/s1. The summed E-state index contributed by atoms with van der Waals surface area (Å²) < 4.78 is 1.80. The predicted octanol–water partition coefficient (Wildman–Crippen LogP) is 3.05. The van der Waals surface area contributed by atoms with E-state index >= 15 is 0 Å². The van der Waals surface area contributed by atoms with Gasteiger partial charge in [0.25, 0.3) is 0 Å². The normalized spacial score (nSPS) is 24.6. The molecule has 27 heavy (non-hydrogen) atoms. The minimum Gasteiger partial charge on any atom is -0.480 e. The number of carboxylic acids is 1. The number of amides is 1. The van der Waals surface area contributed by atoms with E-state index in [-0.39, 0.29) is 11.9 Å². The van der Waals surface area contributed by atoms with Crippen LogP contribution in [0.5, 0.6) is 0 Å². The number of para-hydroxylation sites is 1. The van der Waals surface area contributed by atoms with Gasteiger partial charge in [0.1, 0.15) is 6.04 Å². The lowest BCUT2D eigenvalue weighted by Gasteiger charge is -2.33. The van der Waals surface area contributed by atoms with Gasteiger partial charge in [0, 0.05) is 18.7 Å². The third kappa shape index (κ3) is 3.61. The van der Waals surface area contributed by atoms with Gasteiger partial charge in [-0.05, 0) is 49.3 Å².